The number of amides is 1. The van der Waals surface area contributed by atoms with Gasteiger partial charge in [0, 0.05) is 17.8 Å². The maximum atomic E-state index is 11.8. The molecule has 104 valence electrons. The maximum Gasteiger partial charge on any atom is 0.248 e. The van der Waals surface area contributed by atoms with Gasteiger partial charge >= 0.3 is 0 Å². The summed E-state index contributed by atoms with van der Waals surface area (Å²) in [6.45, 7) is 1.98. The minimum absolute atomic E-state index is 0.220. The standard InChI is InChI=1S/C17H14N2O2/c1-12-5-4-6-13(11-12)18-16(20)9-10-17-19-14-7-2-3-8-15(14)21-17/h2-11H,1H3,(H,18,20)/b10-9+. The fourth-order valence-corrected chi connectivity index (χ4v) is 2.02. The maximum absolute atomic E-state index is 11.8. The van der Waals surface area contributed by atoms with Crippen LogP contribution in [0.1, 0.15) is 11.5 Å². The molecule has 2 aromatic carbocycles. The van der Waals surface area contributed by atoms with Crippen molar-refractivity contribution in [2.75, 3.05) is 5.32 Å². The molecule has 0 saturated carbocycles. The van der Waals surface area contributed by atoms with E-state index in [9.17, 15) is 4.79 Å². The lowest BCUT2D eigenvalue weighted by Gasteiger charge is -2.02. The Kier molecular flexibility index (Phi) is 3.51. The average Bonchev–Trinajstić information content (AvgIpc) is 2.88. The number of benzene rings is 2. The number of carbonyl (C=O) groups excluding carboxylic acids is 1. The van der Waals surface area contributed by atoms with Gasteiger partial charge in [-0.3, -0.25) is 4.79 Å². The number of hydrogen-bond donors (Lipinski definition) is 1. The molecule has 0 aliphatic heterocycles. The summed E-state index contributed by atoms with van der Waals surface area (Å²) in [6, 6.07) is 15.1. The lowest BCUT2D eigenvalue weighted by molar-refractivity contribution is -0.111. The molecule has 4 heteroatoms. The molecule has 0 unspecified atom stereocenters. The van der Waals surface area contributed by atoms with Crippen LogP contribution in [0.3, 0.4) is 0 Å². The predicted octanol–water partition coefficient (Wildman–Crippen LogP) is 3.79. The Morgan fingerprint density at radius 1 is 1.19 bits per heavy atom. The molecular weight excluding hydrogens is 264 g/mol. The summed E-state index contributed by atoms with van der Waals surface area (Å²) in [7, 11) is 0. The first-order valence-corrected chi connectivity index (χ1v) is 6.62. The van der Waals surface area contributed by atoms with Crippen LogP contribution in [0.15, 0.2) is 59.0 Å². The van der Waals surface area contributed by atoms with Gasteiger partial charge < -0.3 is 9.73 Å². The number of fused-ring (bicyclic) bond motifs is 1. The van der Waals surface area contributed by atoms with E-state index in [1.807, 2.05) is 55.5 Å². The van der Waals surface area contributed by atoms with E-state index in [0.29, 0.717) is 11.5 Å². The van der Waals surface area contributed by atoms with Crippen LogP contribution in [0, 0.1) is 6.92 Å². The van der Waals surface area contributed by atoms with E-state index in [0.717, 1.165) is 16.8 Å². The molecule has 0 spiro atoms. The summed E-state index contributed by atoms with van der Waals surface area (Å²) < 4.78 is 5.51. The Hall–Kier alpha value is -2.88. The second-order valence-electron chi connectivity index (χ2n) is 4.71. The highest BCUT2D eigenvalue weighted by atomic mass is 16.3. The van der Waals surface area contributed by atoms with Gasteiger partial charge in [-0.25, -0.2) is 4.98 Å². The number of rotatable bonds is 3. The number of anilines is 1. The monoisotopic (exact) mass is 278 g/mol. The highest BCUT2D eigenvalue weighted by Gasteiger charge is 2.03. The Labute approximate surface area is 122 Å². The van der Waals surface area contributed by atoms with Gasteiger partial charge in [-0.15, -0.1) is 0 Å². The zero-order valence-corrected chi connectivity index (χ0v) is 11.5. The Bertz CT molecular complexity index is 785. The molecule has 1 N–H and O–H groups in total. The lowest BCUT2D eigenvalue weighted by Crippen LogP contribution is -2.07. The molecule has 21 heavy (non-hydrogen) atoms. The van der Waals surface area contributed by atoms with Crippen LogP contribution in [-0.2, 0) is 4.79 Å². The molecule has 0 aliphatic carbocycles. The summed E-state index contributed by atoms with van der Waals surface area (Å²) in [5.74, 6) is 0.193. The van der Waals surface area contributed by atoms with Gasteiger partial charge in [-0.2, -0.15) is 0 Å². The van der Waals surface area contributed by atoms with E-state index in [1.54, 1.807) is 6.08 Å². The number of aryl methyl sites for hydroxylation is 1. The first kappa shape index (κ1) is 13.1. The molecular formula is C17H14N2O2. The number of nitrogens with zero attached hydrogens (tertiary/aromatic N) is 1. The first-order valence-electron chi connectivity index (χ1n) is 6.62. The fraction of sp³-hybridized carbons (Fsp3) is 0.0588. The number of nitrogens with one attached hydrogen (secondary N) is 1. The SMILES string of the molecule is Cc1cccc(NC(=O)/C=C/c2nc3ccccc3o2)c1. The second kappa shape index (κ2) is 5.63. The van der Waals surface area contributed by atoms with Crippen LogP contribution in [0.5, 0.6) is 0 Å². The molecule has 1 aromatic heterocycles. The first-order chi connectivity index (χ1) is 10.2. The van der Waals surface area contributed by atoms with Crippen molar-refractivity contribution >= 4 is 28.8 Å². The molecule has 4 nitrogen and oxygen atoms in total. The number of oxazole rings is 1. The third-order valence-electron chi connectivity index (χ3n) is 2.97. The summed E-state index contributed by atoms with van der Waals surface area (Å²) in [5.41, 5.74) is 3.34. The van der Waals surface area contributed by atoms with Crippen molar-refractivity contribution in [3.8, 4) is 0 Å². The van der Waals surface area contributed by atoms with E-state index in [-0.39, 0.29) is 5.91 Å². The van der Waals surface area contributed by atoms with Crippen molar-refractivity contribution in [1.82, 2.24) is 4.98 Å². The molecule has 0 radical (unpaired) electrons. The minimum Gasteiger partial charge on any atom is -0.437 e. The summed E-state index contributed by atoms with van der Waals surface area (Å²) in [5, 5.41) is 2.79. The van der Waals surface area contributed by atoms with Crippen molar-refractivity contribution in [1.29, 1.82) is 0 Å². The highest BCUT2D eigenvalue weighted by Crippen LogP contribution is 2.15. The Morgan fingerprint density at radius 2 is 2.05 bits per heavy atom. The highest BCUT2D eigenvalue weighted by molar-refractivity contribution is 6.01. The van der Waals surface area contributed by atoms with Gasteiger partial charge in [0.15, 0.2) is 5.58 Å². The van der Waals surface area contributed by atoms with Crippen molar-refractivity contribution in [3.05, 3.63) is 66.1 Å². The molecule has 3 aromatic rings. The molecule has 0 aliphatic rings. The number of aromatic nitrogens is 1. The predicted molar refractivity (Wildman–Crippen MR) is 82.9 cm³/mol. The number of hydrogen-bond acceptors (Lipinski definition) is 3. The van der Waals surface area contributed by atoms with Crippen LogP contribution < -0.4 is 5.32 Å². The molecule has 1 heterocycles. The molecule has 0 atom stereocenters. The van der Waals surface area contributed by atoms with Crippen LogP contribution in [0.2, 0.25) is 0 Å². The Morgan fingerprint density at radius 3 is 2.86 bits per heavy atom. The zero-order valence-electron chi connectivity index (χ0n) is 11.5. The van der Waals surface area contributed by atoms with Crippen LogP contribution >= 0.6 is 0 Å². The number of carbonyl (C=O) groups is 1. The fourth-order valence-electron chi connectivity index (χ4n) is 2.02. The van der Waals surface area contributed by atoms with E-state index in [2.05, 4.69) is 10.3 Å². The van der Waals surface area contributed by atoms with Gasteiger partial charge in [-0.05, 0) is 36.8 Å². The summed E-state index contributed by atoms with van der Waals surface area (Å²) >= 11 is 0. The third-order valence-corrected chi connectivity index (χ3v) is 2.97. The minimum atomic E-state index is -0.220. The molecule has 1 amide bonds. The Balaban J connectivity index is 1.71. The molecule has 3 rings (SSSR count). The van der Waals surface area contributed by atoms with Gasteiger partial charge in [-0.1, -0.05) is 24.3 Å². The van der Waals surface area contributed by atoms with Gasteiger partial charge in [0.2, 0.25) is 11.8 Å². The van der Waals surface area contributed by atoms with E-state index >= 15 is 0 Å². The summed E-state index contributed by atoms with van der Waals surface area (Å²) in [6.07, 6.45) is 2.97. The van der Waals surface area contributed by atoms with Crippen molar-refractivity contribution < 1.29 is 9.21 Å². The van der Waals surface area contributed by atoms with E-state index in [1.165, 1.54) is 6.08 Å². The summed E-state index contributed by atoms with van der Waals surface area (Å²) in [4.78, 5) is 16.1. The van der Waals surface area contributed by atoms with E-state index in [4.69, 9.17) is 4.42 Å². The third kappa shape index (κ3) is 3.17. The number of para-hydroxylation sites is 2. The van der Waals surface area contributed by atoms with Crippen molar-refractivity contribution in [2.24, 2.45) is 0 Å². The van der Waals surface area contributed by atoms with Gasteiger partial charge in [0.05, 0.1) is 0 Å². The van der Waals surface area contributed by atoms with Crippen LogP contribution in [0.4, 0.5) is 5.69 Å². The topological polar surface area (TPSA) is 55.1 Å². The molecule has 0 saturated heterocycles. The smallest absolute Gasteiger partial charge is 0.248 e. The quantitative estimate of drug-likeness (QED) is 0.742. The molecule has 0 fully saturated rings. The van der Waals surface area contributed by atoms with Crippen molar-refractivity contribution in [2.45, 2.75) is 6.92 Å². The lowest BCUT2D eigenvalue weighted by atomic mass is 10.2. The average molecular weight is 278 g/mol. The van der Waals surface area contributed by atoms with Crippen molar-refractivity contribution in [3.63, 3.8) is 0 Å². The largest absolute Gasteiger partial charge is 0.437 e. The van der Waals surface area contributed by atoms with Crippen LogP contribution in [0.25, 0.3) is 17.2 Å². The zero-order chi connectivity index (χ0) is 14.7. The van der Waals surface area contributed by atoms with Crippen LogP contribution in [-0.4, -0.2) is 10.9 Å². The second-order valence-corrected chi connectivity index (χ2v) is 4.71. The molecule has 0 bridgehead atoms. The van der Waals surface area contributed by atoms with Gasteiger partial charge in [0.25, 0.3) is 0 Å². The normalized spacial score (nSPS) is 11.1. The van der Waals surface area contributed by atoms with E-state index < -0.39 is 0 Å². The van der Waals surface area contributed by atoms with Gasteiger partial charge in [0.1, 0.15) is 5.52 Å².